The Morgan fingerprint density at radius 2 is 1.20 bits per heavy atom. The van der Waals surface area contributed by atoms with Gasteiger partial charge in [-0.3, -0.25) is 9.59 Å². The molecule has 3 unspecified atom stereocenters. The number of carbonyl (C=O) groups is 2. The molecule has 1 heterocycles. The van der Waals surface area contributed by atoms with Gasteiger partial charge in [-0.1, -0.05) is 133 Å². The Morgan fingerprint density at radius 1 is 0.653 bits per heavy atom. The fourth-order valence-corrected chi connectivity index (χ4v) is 5.31. The Morgan fingerprint density at radius 3 is 1.82 bits per heavy atom. The minimum absolute atomic E-state index is 0.183. The quantitative estimate of drug-likeness (QED) is 0.0386. The topological polar surface area (TPSA) is 152 Å². The van der Waals surface area contributed by atoms with E-state index in [4.69, 9.17) is 18.9 Å². The summed E-state index contributed by atoms with van der Waals surface area (Å²) in [5.41, 5.74) is 0. The van der Waals surface area contributed by atoms with Gasteiger partial charge in [0.1, 0.15) is 31.0 Å². The van der Waals surface area contributed by atoms with E-state index in [2.05, 4.69) is 26.0 Å². The van der Waals surface area contributed by atoms with Crippen LogP contribution < -0.4 is 0 Å². The van der Waals surface area contributed by atoms with Crippen molar-refractivity contribution in [1.82, 2.24) is 0 Å². The van der Waals surface area contributed by atoms with Gasteiger partial charge in [0.05, 0.1) is 13.2 Å². The second kappa shape index (κ2) is 30.5. The highest BCUT2D eigenvalue weighted by atomic mass is 16.7. The predicted octanol–water partition coefficient (Wildman–Crippen LogP) is 6.54. The second-order valence-corrected chi connectivity index (χ2v) is 12.7. The van der Waals surface area contributed by atoms with E-state index in [-0.39, 0.29) is 26.1 Å². The third kappa shape index (κ3) is 22.9. The molecule has 4 N–H and O–H groups in total. The molecule has 0 radical (unpaired) electrons. The van der Waals surface area contributed by atoms with Crippen molar-refractivity contribution < 1.29 is 49.0 Å². The van der Waals surface area contributed by atoms with Crippen LogP contribution in [0.5, 0.6) is 0 Å². The Hall–Kier alpha value is -2.34. The van der Waals surface area contributed by atoms with Crippen LogP contribution in [0, 0.1) is 0 Å². The molecule has 1 aliphatic rings. The van der Waals surface area contributed by atoms with Gasteiger partial charge < -0.3 is 39.4 Å². The number of rotatable bonds is 29. The molecular formula is C39H66O10. The third-order valence-corrected chi connectivity index (χ3v) is 8.32. The van der Waals surface area contributed by atoms with Crippen molar-refractivity contribution in [1.29, 1.82) is 0 Å². The summed E-state index contributed by atoms with van der Waals surface area (Å²) in [6.07, 6.45) is 25.6. The number of esters is 2. The van der Waals surface area contributed by atoms with Crippen LogP contribution in [0.4, 0.5) is 0 Å². The summed E-state index contributed by atoms with van der Waals surface area (Å²) < 4.78 is 22.0. The molecule has 1 saturated heterocycles. The molecule has 1 rings (SSSR count). The van der Waals surface area contributed by atoms with E-state index in [9.17, 15) is 30.0 Å². The van der Waals surface area contributed by atoms with E-state index in [1.165, 1.54) is 51.4 Å². The molecule has 0 bridgehead atoms. The van der Waals surface area contributed by atoms with Crippen LogP contribution in [0.1, 0.15) is 129 Å². The Labute approximate surface area is 295 Å². The molecule has 10 heteroatoms. The first-order valence-corrected chi connectivity index (χ1v) is 18.8. The average molecular weight is 695 g/mol. The van der Waals surface area contributed by atoms with Crippen molar-refractivity contribution in [2.24, 2.45) is 0 Å². The van der Waals surface area contributed by atoms with E-state index >= 15 is 0 Å². The molecule has 0 spiro atoms. The molecule has 6 atom stereocenters. The number of aliphatic hydroxyl groups excluding tert-OH is 4. The summed E-state index contributed by atoms with van der Waals surface area (Å²) in [6, 6.07) is 0. The number of allylic oxidation sites excluding steroid dienone is 8. The van der Waals surface area contributed by atoms with Crippen LogP contribution in [-0.4, -0.2) is 89.0 Å². The second-order valence-electron chi connectivity index (χ2n) is 12.7. The third-order valence-electron chi connectivity index (χ3n) is 8.32. The van der Waals surface area contributed by atoms with E-state index in [1.54, 1.807) is 0 Å². The summed E-state index contributed by atoms with van der Waals surface area (Å²) >= 11 is 0. The average Bonchev–Trinajstić information content (AvgIpc) is 3.10. The minimum Gasteiger partial charge on any atom is -0.462 e. The SMILES string of the molecule is CC/C=C/C=C/C=C/C=C/CCCCCC(=O)OC(COC(=O)CCCCCCCCCCCCC)CO[C@@H]1O[C@H](CO)[C@H](O)C(O)C1O. The normalized spacial score (nSPS) is 22.1. The molecule has 282 valence electrons. The van der Waals surface area contributed by atoms with Gasteiger partial charge in [-0.05, 0) is 32.1 Å². The fourth-order valence-electron chi connectivity index (χ4n) is 5.31. The van der Waals surface area contributed by atoms with E-state index in [1.807, 2.05) is 36.5 Å². The Kier molecular flexibility index (Phi) is 27.8. The van der Waals surface area contributed by atoms with Gasteiger partial charge in [0, 0.05) is 12.8 Å². The molecule has 0 aromatic rings. The summed E-state index contributed by atoms with van der Waals surface area (Å²) in [4.78, 5) is 25.1. The van der Waals surface area contributed by atoms with Gasteiger partial charge in [0.15, 0.2) is 12.4 Å². The van der Waals surface area contributed by atoms with Crippen molar-refractivity contribution >= 4 is 11.9 Å². The zero-order valence-corrected chi connectivity index (χ0v) is 30.2. The molecule has 0 amide bonds. The fraction of sp³-hybridized carbons (Fsp3) is 0.744. The molecule has 1 aliphatic heterocycles. The highest BCUT2D eigenvalue weighted by Crippen LogP contribution is 2.22. The molecular weight excluding hydrogens is 628 g/mol. The van der Waals surface area contributed by atoms with Gasteiger partial charge >= 0.3 is 11.9 Å². The van der Waals surface area contributed by atoms with Crippen molar-refractivity contribution in [2.45, 2.75) is 166 Å². The van der Waals surface area contributed by atoms with E-state index in [0.717, 1.165) is 44.9 Å². The number of ether oxygens (including phenoxy) is 4. The standard InChI is InChI=1S/C39H66O10/c1-3-5-7-9-11-13-15-16-18-20-22-24-26-28-35(42)48-32(31-47-39-38(45)37(44)36(43)33(29-40)49-39)30-46-34(41)27-25-23-21-19-17-14-12-10-8-6-4-2/h5,7,9,11,13,15-16,18,32-33,36-40,43-45H,3-4,6,8,10,12,14,17,19-31H2,1-2H3/b7-5+,11-9+,15-13+,18-16+/t32?,33-,36+,37?,38?,39-/m1/s1. The summed E-state index contributed by atoms with van der Waals surface area (Å²) in [5, 5.41) is 39.8. The summed E-state index contributed by atoms with van der Waals surface area (Å²) in [6.45, 7) is 3.20. The zero-order chi connectivity index (χ0) is 36.0. The highest BCUT2D eigenvalue weighted by molar-refractivity contribution is 5.70. The maximum absolute atomic E-state index is 12.7. The van der Waals surface area contributed by atoms with Crippen LogP contribution in [0.15, 0.2) is 48.6 Å². The van der Waals surface area contributed by atoms with Crippen LogP contribution >= 0.6 is 0 Å². The first kappa shape index (κ1) is 44.7. The molecule has 1 fully saturated rings. The van der Waals surface area contributed by atoms with E-state index < -0.39 is 55.4 Å². The molecule has 0 aromatic heterocycles. The lowest BCUT2D eigenvalue weighted by Crippen LogP contribution is -2.59. The maximum atomic E-state index is 12.7. The van der Waals surface area contributed by atoms with Gasteiger partial charge in [0.2, 0.25) is 0 Å². The van der Waals surface area contributed by atoms with Gasteiger partial charge in [-0.2, -0.15) is 0 Å². The maximum Gasteiger partial charge on any atom is 0.306 e. The Balaban J connectivity index is 2.46. The Bertz CT molecular complexity index is 944. The summed E-state index contributed by atoms with van der Waals surface area (Å²) in [7, 11) is 0. The minimum atomic E-state index is -1.60. The molecule has 0 aromatic carbocycles. The number of hydrogen-bond donors (Lipinski definition) is 4. The van der Waals surface area contributed by atoms with Crippen LogP contribution in [0.2, 0.25) is 0 Å². The van der Waals surface area contributed by atoms with Crippen molar-refractivity contribution in [3.63, 3.8) is 0 Å². The van der Waals surface area contributed by atoms with Gasteiger partial charge in [-0.15, -0.1) is 0 Å². The molecule has 10 nitrogen and oxygen atoms in total. The largest absolute Gasteiger partial charge is 0.462 e. The lowest BCUT2D eigenvalue weighted by atomic mass is 9.99. The predicted molar refractivity (Wildman–Crippen MR) is 192 cm³/mol. The number of aliphatic hydroxyl groups is 4. The molecule has 0 aliphatic carbocycles. The molecule has 49 heavy (non-hydrogen) atoms. The molecule has 0 saturated carbocycles. The zero-order valence-electron chi connectivity index (χ0n) is 30.2. The van der Waals surface area contributed by atoms with Crippen LogP contribution in [-0.2, 0) is 28.5 Å². The number of unbranched alkanes of at least 4 members (excludes halogenated alkanes) is 13. The van der Waals surface area contributed by atoms with Gasteiger partial charge in [-0.25, -0.2) is 0 Å². The first-order valence-electron chi connectivity index (χ1n) is 18.8. The monoisotopic (exact) mass is 694 g/mol. The lowest BCUT2D eigenvalue weighted by Gasteiger charge is -2.39. The van der Waals surface area contributed by atoms with Crippen molar-refractivity contribution in [2.75, 3.05) is 19.8 Å². The lowest BCUT2D eigenvalue weighted by molar-refractivity contribution is -0.305. The highest BCUT2D eigenvalue weighted by Gasteiger charge is 2.44. The number of carbonyl (C=O) groups excluding carboxylic acids is 2. The van der Waals surface area contributed by atoms with Crippen LogP contribution in [0.3, 0.4) is 0 Å². The van der Waals surface area contributed by atoms with E-state index in [0.29, 0.717) is 6.42 Å². The van der Waals surface area contributed by atoms with Crippen molar-refractivity contribution in [3.05, 3.63) is 48.6 Å². The van der Waals surface area contributed by atoms with Crippen molar-refractivity contribution in [3.8, 4) is 0 Å². The smallest absolute Gasteiger partial charge is 0.306 e. The van der Waals surface area contributed by atoms with Crippen LogP contribution in [0.25, 0.3) is 0 Å². The first-order chi connectivity index (χ1) is 23.8. The number of hydrogen-bond acceptors (Lipinski definition) is 10. The summed E-state index contributed by atoms with van der Waals surface area (Å²) in [5.74, 6) is -0.858. The van der Waals surface area contributed by atoms with Gasteiger partial charge in [0.25, 0.3) is 0 Å².